The van der Waals surface area contributed by atoms with E-state index in [1.54, 1.807) is 18.2 Å². The Labute approximate surface area is 117 Å². The van der Waals surface area contributed by atoms with Crippen LogP contribution in [0.5, 0.6) is 0 Å². The maximum absolute atomic E-state index is 13.1. The van der Waals surface area contributed by atoms with Gasteiger partial charge in [-0.25, -0.2) is 4.39 Å². The van der Waals surface area contributed by atoms with Gasteiger partial charge in [-0.05, 0) is 36.2 Å². The van der Waals surface area contributed by atoms with E-state index in [9.17, 15) is 9.18 Å². The summed E-state index contributed by atoms with van der Waals surface area (Å²) in [6.07, 6.45) is 0.215. The summed E-state index contributed by atoms with van der Waals surface area (Å²) in [7, 11) is 0. The SMILES string of the molecule is CC(NC(=O)Cc1ccccc1N)c1cccc(F)c1. The first-order valence-corrected chi connectivity index (χ1v) is 6.44. The van der Waals surface area contributed by atoms with Crippen molar-refractivity contribution in [3.63, 3.8) is 0 Å². The predicted octanol–water partition coefficient (Wildman–Crippen LogP) is 2.83. The number of hydrogen-bond donors (Lipinski definition) is 2. The van der Waals surface area contributed by atoms with Crippen LogP contribution in [-0.4, -0.2) is 5.91 Å². The average molecular weight is 272 g/mol. The molecule has 3 N–H and O–H groups in total. The van der Waals surface area contributed by atoms with Gasteiger partial charge in [0.2, 0.25) is 5.91 Å². The van der Waals surface area contributed by atoms with Crippen LogP contribution in [0.25, 0.3) is 0 Å². The molecule has 2 aromatic carbocycles. The molecule has 0 aliphatic carbocycles. The minimum Gasteiger partial charge on any atom is -0.398 e. The number of hydrogen-bond acceptors (Lipinski definition) is 2. The van der Waals surface area contributed by atoms with Gasteiger partial charge in [-0.15, -0.1) is 0 Å². The van der Waals surface area contributed by atoms with Crippen molar-refractivity contribution in [1.82, 2.24) is 5.32 Å². The van der Waals surface area contributed by atoms with E-state index in [0.29, 0.717) is 5.69 Å². The molecular formula is C16H17FN2O. The fourth-order valence-corrected chi connectivity index (χ4v) is 2.02. The second kappa shape index (κ2) is 6.19. The van der Waals surface area contributed by atoms with Crippen LogP contribution >= 0.6 is 0 Å². The smallest absolute Gasteiger partial charge is 0.224 e. The van der Waals surface area contributed by atoms with Crippen LogP contribution in [0.15, 0.2) is 48.5 Å². The molecule has 2 aromatic rings. The molecule has 0 bridgehead atoms. The topological polar surface area (TPSA) is 55.1 Å². The molecule has 0 radical (unpaired) electrons. The summed E-state index contributed by atoms with van der Waals surface area (Å²) in [6.45, 7) is 1.82. The lowest BCUT2D eigenvalue weighted by Crippen LogP contribution is -2.28. The van der Waals surface area contributed by atoms with Crippen LogP contribution in [0, 0.1) is 5.82 Å². The maximum atomic E-state index is 13.1. The summed E-state index contributed by atoms with van der Waals surface area (Å²) in [5.41, 5.74) is 7.92. The monoisotopic (exact) mass is 272 g/mol. The van der Waals surface area contributed by atoms with Crippen molar-refractivity contribution in [2.45, 2.75) is 19.4 Å². The van der Waals surface area contributed by atoms with Crippen molar-refractivity contribution in [2.24, 2.45) is 0 Å². The number of amides is 1. The van der Waals surface area contributed by atoms with Crippen molar-refractivity contribution < 1.29 is 9.18 Å². The second-order valence-electron chi connectivity index (χ2n) is 4.72. The first-order valence-electron chi connectivity index (χ1n) is 6.44. The Balaban J connectivity index is 2.00. The second-order valence-corrected chi connectivity index (χ2v) is 4.72. The number of para-hydroxylation sites is 1. The lowest BCUT2D eigenvalue weighted by atomic mass is 10.1. The molecule has 2 rings (SSSR count). The summed E-state index contributed by atoms with van der Waals surface area (Å²) in [5, 5.41) is 2.84. The summed E-state index contributed by atoms with van der Waals surface area (Å²) >= 11 is 0. The van der Waals surface area contributed by atoms with Crippen molar-refractivity contribution in [3.05, 3.63) is 65.5 Å². The zero-order chi connectivity index (χ0) is 14.5. The van der Waals surface area contributed by atoms with Gasteiger partial charge in [0.05, 0.1) is 12.5 Å². The minimum atomic E-state index is -0.309. The van der Waals surface area contributed by atoms with Crippen LogP contribution in [0.3, 0.4) is 0 Å². The summed E-state index contributed by atoms with van der Waals surface area (Å²) in [5.74, 6) is -0.449. The molecule has 1 atom stereocenters. The van der Waals surface area contributed by atoms with Gasteiger partial charge in [-0.1, -0.05) is 30.3 Å². The molecule has 0 saturated carbocycles. The fraction of sp³-hybridized carbons (Fsp3) is 0.188. The van der Waals surface area contributed by atoms with Crippen molar-refractivity contribution in [2.75, 3.05) is 5.73 Å². The van der Waals surface area contributed by atoms with E-state index >= 15 is 0 Å². The number of nitrogens with one attached hydrogen (secondary N) is 1. The number of halogens is 1. The molecule has 0 heterocycles. The highest BCUT2D eigenvalue weighted by Gasteiger charge is 2.11. The Kier molecular flexibility index (Phi) is 4.35. The van der Waals surface area contributed by atoms with E-state index in [1.165, 1.54) is 12.1 Å². The minimum absolute atomic E-state index is 0.139. The van der Waals surface area contributed by atoms with E-state index in [1.807, 2.05) is 25.1 Å². The zero-order valence-corrected chi connectivity index (χ0v) is 11.3. The summed E-state index contributed by atoms with van der Waals surface area (Å²) in [4.78, 5) is 12.0. The standard InChI is InChI=1S/C16H17FN2O/c1-11(12-6-4-7-14(17)9-12)19-16(20)10-13-5-2-3-8-15(13)18/h2-9,11H,10,18H2,1H3,(H,19,20). The van der Waals surface area contributed by atoms with Gasteiger partial charge in [0.1, 0.15) is 5.82 Å². The highest BCUT2D eigenvalue weighted by Crippen LogP contribution is 2.15. The van der Waals surface area contributed by atoms with Gasteiger partial charge in [-0.2, -0.15) is 0 Å². The number of rotatable bonds is 4. The van der Waals surface area contributed by atoms with Gasteiger partial charge in [0.15, 0.2) is 0 Å². The van der Waals surface area contributed by atoms with Gasteiger partial charge in [-0.3, -0.25) is 4.79 Å². The number of anilines is 1. The van der Waals surface area contributed by atoms with E-state index in [0.717, 1.165) is 11.1 Å². The molecule has 20 heavy (non-hydrogen) atoms. The Morgan fingerprint density at radius 1 is 1.25 bits per heavy atom. The van der Waals surface area contributed by atoms with Crippen LogP contribution in [0.2, 0.25) is 0 Å². The third-order valence-electron chi connectivity index (χ3n) is 3.13. The van der Waals surface area contributed by atoms with Gasteiger partial charge >= 0.3 is 0 Å². The molecule has 4 heteroatoms. The van der Waals surface area contributed by atoms with E-state index in [2.05, 4.69) is 5.32 Å². The number of nitrogen functional groups attached to an aromatic ring is 1. The highest BCUT2D eigenvalue weighted by atomic mass is 19.1. The molecule has 1 unspecified atom stereocenters. The Bertz CT molecular complexity index is 613. The summed E-state index contributed by atoms with van der Waals surface area (Å²) in [6, 6.07) is 13.2. The van der Waals surface area contributed by atoms with Crippen molar-refractivity contribution in [1.29, 1.82) is 0 Å². The zero-order valence-electron chi connectivity index (χ0n) is 11.3. The molecule has 0 saturated heterocycles. The summed E-state index contributed by atoms with van der Waals surface area (Å²) < 4.78 is 13.1. The van der Waals surface area contributed by atoms with Gasteiger partial charge < -0.3 is 11.1 Å². The highest BCUT2D eigenvalue weighted by molar-refractivity contribution is 5.80. The molecule has 104 valence electrons. The maximum Gasteiger partial charge on any atom is 0.224 e. The molecule has 0 aliphatic heterocycles. The third-order valence-corrected chi connectivity index (χ3v) is 3.13. The lowest BCUT2D eigenvalue weighted by Gasteiger charge is -2.15. The van der Waals surface area contributed by atoms with E-state index < -0.39 is 0 Å². The van der Waals surface area contributed by atoms with Crippen molar-refractivity contribution >= 4 is 11.6 Å². The first-order chi connectivity index (χ1) is 9.56. The molecule has 0 fully saturated rings. The number of nitrogens with two attached hydrogens (primary N) is 1. The Hall–Kier alpha value is -2.36. The molecule has 0 aromatic heterocycles. The first kappa shape index (κ1) is 14.1. The lowest BCUT2D eigenvalue weighted by molar-refractivity contribution is -0.121. The molecule has 0 aliphatic rings. The molecule has 1 amide bonds. The normalized spacial score (nSPS) is 11.9. The number of carbonyl (C=O) groups is 1. The quantitative estimate of drug-likeness (QED) is 0.841. The predicted molar refractivity (Wildman–Crippen MR) is 77.5 cm³/mol. The van der Waals surface area contributed by atoms with Crippen LogP contribution in [-0.2, 0) is 11.2 Å². The fourth-order valence-electron chi connectivity index (χ4n) is 2.02. The average Bonchev–Trinajstić information content (AvgIpc) is 2.41. The van der Waals surface area contributed by atoms with Gasteiger partial charge in [0.25, 0.3) is 0 Å². The Morgan fingerprint density at radius 2 is 2.00 bits per heavy atom. The van der Waals surface area contributed by atoms with Gasteiger partial charge in [0, 0.05) is 5.69 Å². The molecule has 3 nitrogen and oxygen atoms in total. The van der Waals surface area contributed by atoms with Crippen molar-refractivity contribution in [3.8, 4) is 0 Å². The number of benzene rings is 2. The van der Waals surface area contributed by atoms with Crippen LogP contribution in [0.4, 0.5) is 10.1 Å². The third kappa shape index (κ3) is 3.57. The van der Waals surface area contributed by atoms with E-state index in [4.69, 9.17) is 5.73 Å². The number of carbonyl (C=O) groups excluding carboxylic acids is 1. The largest absolute Gasteiger partial charge is 0.398 e. The molecule has 0 spiro atoms. The van der Waals surface area contributed by atoms with E-state index in [-0.39, 0.29) is 24.2 Å². The van der Waals surface area contributed by atoms with Crippen LogP contribution < -0.4 is 11.1 Å². The van der Waals surface area contributed by atoms with Crippen LogP contribution in [0.1, 0.15) is 24.1 Å². The Morgan fingerprint density at radius 3 is 2.70 bits per heavy atom. The molecular weight excluding hydrogens is 255 g/mol.